The molecule has 1 aliphatic carbocycles. The summed E-state index contributed by atoms with van der Waals surface area (Å²) in [5.74, 6) is 0.550. The maximum atomic E-state index is 14.2. The molecule has 2 atom stereocenters. The number of benzene rings is 2. The van der Waals surface area contributed by atoms with Crippen LogP contribution in [0.3, 0.4) is 0 Å². The molecule has 2 amide bonds. The van der Waals surface area contributed by atoms with Gasteiger partial charge in [-0.3, -0.25) is 19.2 Å². The Kier molecular flexibility index (Phi) is 6.93. The van der Waals surface area contributed by atoms with E-state index in [0.29, 0.717) is 28.4 Å². The predicted molar refractivity (Wildman–Crippen MR) is 136 cm³/mol. The van der Waals surface area contributed by atoms with Gasteiger partial charge < -0.3 is 14.8 Å². The molecule has 1 saturated carbocycles. The van der Waals surface area contributed by atoms with Crippen molar-refractivity contribution in [3.8, 4) is 11.5 Å². The summed E-state index contributed by atoms with van der Waals surface area (Å²) in [6.07, 6.45) is 6.18. The quantitative estimate of drug-likeness (QED) is 0.565. The van der Waals surface area contributed by atoms with Crippen LogP contribution in [0.1, 0.15) is 49.4 Å². The minimum atomic E-state index is -0.906. The molecule has 0 saturated heterocycles. The lowest BCUT2D eigenvalue weighted by atomic mass is 9.94. The van der Waals surface area contributed by atoms with Gasteiger partial charge in [0.15, 0.2) is 11.5 Å². The molecule has 0 bridgehead atoms. The van der Waals surface area contributed by atoms with Crippen LogP contribution in [0.15, 0.2) is 60.8 Å². The summed E-state index contributed by atoms with van der Waals surface area (Å²) in [4.78, 5) is 29.7. The number of hydrogen-bond acceptors (Lipinski definition) is 5. The molecule has 0 radical (unpaired) electrons. The fourth-order valence-corrected chi connectivity index (χ4v) is 5.10. The van der Waals surface area contributed by atoms with Crippen LogP contribution in [-0.4, -0.2) is 40.3 Å². The lowest BCUT2D eigenvalue weighted by Crippen LogP contribution is -2.52. The number of carbonyl (C=O) groups excluding carboxylic acids is 2. The largest absolute Gasteiger partial charge is 0.485 e. The van der Waals surface area contributed by atoms with Crippen LogP contribution in [0.25, 0.3) is 0 Å². The summed E-state index contributed by atoms with van der Waals surface area (Å²) >= 11 is 0. The van der Waals surface area contributed by atoms with Crippen molar-refractivity contribution in [2.45, 2.75) is 57.2 Å². The van der Waals surface area contributed by atoms with Crippen molar-refractivity contribution in [2.75, 3.05) is 11.5 Å². The second-order valence-electron chi connectivity index (χ2n) is 9.50. The van der Waals surface area contributed by atoms with E-state index in [9.17, 15) is 9.59 Å². The zero-order valence-electron chi connectivity index (χ0n) is 20.7. The molecule has 5 rings (SSSR count). The smallest absolute Gasteiger partial charge is 0.272 e. The van der Waals surface area contributed by atoms with Crippen molar-refractivity contribution in [3.05, 3.63) is 72.1 Å². The average molecular weight is 489 g/mol. The van der Waals surface area contributed by atoms with Crippen LogP contribution in [-0.2, 0) is 16.6 Å². The van der Waals surface area contributed by atoms with Crippen molar-refractivity contribution >= 4 is 17.5 Å². The van der Waals surface area contributed by atoms with E-state index >= 15 is 0 Å². The molecule has 0 spiro atoms. The van der Waals surface area contributed by atoms with Gasteiger partial charge in [0.05, 0.1) is 5.69 Å². The Morgan fingerprint density at radius 2 is 1.72 bits per heavy atom. The van der Waals surface area contributed by atoms with E-state index in [1.165, 1.54) is 6.42 Å². The van der Waals surface area contributed by atoms with E-state index in [-0.39, 0.29) is 24.5 Å². The molecular weight excluding hydrogens is 456 g/mol. The lowest BCUT2D eigenvalue weighted by molar-refractivity contribution is -0.132. The van der Waals surface area contributed by atoms with E-state index in [0.717, 1.165) is 25.7 Å². The van der Waals surface area contributed by atoms with Gasteiger partial charge >= 0.3 is 0 Å². The topological polar surface area (TPSA) is 85.7 Å². The molecule has 2 aromatic carbocycles. The number of amides is 2. The van der Waals surface area contributed by atoms with Crippen molar-refractivity contribution in [3.63, 3.8) is 0 Å². The molecule has 8 nitrogen and oxygen atoms in total. The van der Waals surface area contributed by atoms with E-state index in [1.807, 2.05) is 68.7 Å². The van der Waals surface area contributed by atoms with Gasteiger partial charge in [0, 0.05) is 30.5 Å². The van der Waals surface area contributed by atoms with Crippen molar-refractivity contribution in [1.29, 1.82) is 0 Å². The molecule has 8 heteroatoms. The Morgan fingerprint density at radius 3 is 2.42 bits per heavy atom. The van der Waals surface area contributed by atoms with Crippen LogP contribution in [0, 0.1) is 6.92 Å². The highest BCUT2D eigenvalue weighted by atomic mass is 16.6. The number of para-hydroxylation sites is 3. The Labute approximate surface area is 211 Å². The molecule has 1 aromatic heterocycles. The SMILES string of the molecule is Cc1nn(C)cc1C(C(=O)NC1CCCCC1)N(C(=O)C1COc2ccccc2O1)c1ccccc1. The molecule has 1 fully saturated rings. The third kappa shape index (κ3) is 4.94. The summed E-state index contributed by atoms with van der Waals surface area (Å²) in [7, 11) is 1.82. The molecule has 3 aromatic rings. The van der Waals surface area contributed by atoms with Crippen LogP contribution >= 0.6 is 0 Å². The third-order valence-electron chi connectivity index (χ3n) is 6.86. The van der Waals surface area contributed by atoms with Crippen molar-refractivity contribution in [1.82, 2.24) is 15.1 Å². The second-order valence-corrected chi connectivity index (χ2v) is 9.50. The van der Waals surface area contributed by atoms with Gasteiger partial charge in [-0.1, -0.05) is 49.6 Å². The van der Waals surface area contributed by atoms with E-state index in [1.54, 1.807) is 15.6 Å². The number of aryl methyl sites for hydroxylation is 2. The number of ether oxygens (including phenoxy) is 2. The third-order valence-corrected chi connectivity index (χ3v) is 6.86. The summed E-state index contributed by atoms with van der Waals surface area (Å²) < 4.78 is 13.6. The molecule has 1 aliphatic heterocycles. The van der Waals surface area contributed by atoms with E-state index < -0.39 is 12.1 Å². The normalized spacial score (nSPS) is 18.3. The van der Waals surface area contributed by atoms with E-state index in [4.69, 9.17) is 9.47 Å². The highest BCUT2D eigenvalue weighted by Gasteiger charge is 2.40. The summed E-state index contributed by atoms with van der Waals surface area (Å²) in [5, 5.41) is 7.72. The van der Waals surface area contributed by atoms with Crippen LogP contribution < -0.4 is 19.7 Å². The van der Waals surface area contributed by atoms with Gasteiger partial charge in [-0.05, 0) is 44.0 Å². The first-order valence-corrected chi connectivity index (χ1v) is 12.6. The Morgan fingerprint density at radius 1 is 1.03 bits per heavy atom. The molecule has 36 heavy (non-hydrogen) atoms. The number of carbonyl (C=O) groups is 2. The lowest BCUT2D eigenvalue weighted by Gasteiger charge is -2.36. The second kappa shape index (κ2) is 10.4. The van der Waals surface area contributed by atoms with Crippen LogP contribution in [0.2, 0.25) is 0 Å². The van der Waals surface area contributed by atoms with Crippen molar-refractivity contribution in [2.24, 2.45) is 7.05 Å². The van der Waals surface area contributed by atoms with Crippen LogP contribution in [0.4, 0.5) is 5.69 Å². The summed E-state index contributed by atoms with van der Waals surface area (Å²) in [6, 6.07) is 15.7. The average Bonchev–Trinajstić information content (AvgIpc) is 3.24. The zero-order valence-corrected chi connectivity index (χ0v) is 20.7. The van der Waals surface area contributed by atoms with Gasteiger partial charge in [-0.2, -0.15) is 5.10 Å². The maximum Gasteiger partial charge on any atom is 0.272 e. The number of anilines is 1. The van der Waals surface area contributed by atoms with Gasteiger partial charge in [0.25, 0.3) is 5.91 Å². The minimum Gasteiger partial charge on any atom is -0.485 e. The van der Waals surface area contributed by atoms with Gasteiger partial charge in [-0.25, -0.2) is 0 Å². The first-order chi connectivity index (χ1) is 17.5. The summed E-state index contributed by atoms with van der Waals surface area (Å²) in [5.41, 5.74) is 1.98. The maximum absolute atomic E-state index is 14.2. The summed E-state index contributed by atoms with van der Waals surface area (Å²) in [6.45, 7) is 1.92. The number of rotatable bonds is 6. The van der Waals surface area contributed by atoms with Crippen LogP contribution in [0.5, 0.6) is 11.5 Å². The zero-order chi connectivity index (χ0) is 25.1. The predicted octanol–water partition coefficient (Wildman–Crippen LogP) is 4.09. The molecular formula is C28H32N4O4. The number of nitrogens with one attached hydrogen (secondary N) is 1. The molecule has 2 heterocycles. The molecule has 1 N–H and O–H groups in total. The number of aromatic nitrogens is 2. The van der Waals surface area contributed by atoms with Crippen molar-refractivity contribution < 1.29 is 19.1 Å². The van der Waals surface area contributed by atoms with Gasteiger partial charge in [0.1, 0.15) is 12.6 Å². The van der Waals surface area contributed by atoms with Gasteiger partial charge in [0.2, 0.25) is 12.0 Å². The monoisotopic (exact) mass is 488 g/mol. The highest BCUT2D eigenvalue weighted by molar-refractivity contribution is 6.03. The standard InChI is InChI=1S/C28H32N4O4/c1-19-22(17-31(2)30-19)26(27(33)29-20-11-5-3-6-12-20)32(21-13-7-4-8-14-21)28(34)25-18-35-23-15-9-10-16-24(23)36-25/h4,7-10,13-17,20,25-26H,3,5-6,11-12,18H2,1-2H3,(H,29,33). The fourth-order valence-electron chi connectivity index (χ4n) is 5.10. The minimum absolute atomic E-state index is 0.0577. The molecule has 188 valence electrons. The Hall–Kier alpha value is -3.81. The van der Waals surface area contributed by atoms with E-state index in [2.05, 4.69) is 10.4 Å². The fraction of sp³-hybridized carbons (Fsp3) is 0.393. The first-order valence-electron chi connectivity index (χ1n) is 12.6. The highest BCUT2D eigenvalue weighted by Crippen LogP contribution is 2.35. The number of fused-ring (bicyclic) bond motifs is 1. The first kappa shape index (κ1) is 23.9. The Balaban J connectivity index is 1.54. The number of hydrogen-bond donors (Lipinski definition) is 1. The van der Waals surface area contributed by atoms with Gasteiger partial charge in [-0.15, -0.1) is 0 Å². The molecule has 2 aliphatic rings. The molecule has 2 unspecified atom stereocenters. The Bertz CT molecular complexity index is 1220. The number of nitrogens with zero attached hydrogens (tertiary/aromatic N) is 3.